The first-order valence-electron chi connectivity index (χ1n) is 12.9. The summed E-state index contributed by atoms with van der Waals surface area (Å²) in [6.45, 7) is 0. The number of hydrogen-bond acceptors (Lipinski definition) is 7. The molecule has 3 aromatic rings. The molecule has 2 amide bonds. The van der Waals surface area contributed by atoms with Crippen LogP contribution in [0.4, 0.5) is 16.2 Å². The lowest BCUT2D eigenvalue weighted by Gasteiger charge is -2.38. The van der Waals surface area contributed by atoms with Crippen molar-refractivity contribution in [1.29, 1.82) is 0 Å². The predicted octanol–water partition coefficient (Wildman–Crippen LogP) is 5.72. The number of ether oxygens (including phenoxy) is 3. The molecule has 3 atom stereocenters. The SMILES string of the molecule is COc1cc([N+](=O)[O-])ccc1Oc1ccc(N(C)C(=O)c2ccc(OC3CCC4CCC3N4C(=O)O)cc2)cc1. The minimum Gasteiger partial charge on any atom is -0.493 e. The number of nitro groups is 1. The van der Waals surface area contributed by atoms with Crippen molar-refractivity contribution in [3.05, 3.63) is 82.4 Å². The Morgan fingerprint density at radius 1 is 0.950 bits per heavy atom. The number of hydrogen-bond donors (Lipinski definition) is 1. The lowest BCUT2D eigenvalue weighted by molar-refractivity contribution is -0.384. The van der Waals surface area contributed by atoms with Crippen LogP contribution in [0.25, 0.3) is 0 Å². The Labute approximate surface area is 230 Å². The summed E-state index contributed by atoms with van der Waals surface area (Å²) in [5.74, 6) is 1.40. The molecule has 208 valence electrons. The Morgan fingerprint density at radius 3 is 2.27 bits per heavy atom. The third-order valence-corrected chi connectivity index (χ3v) is 7.48. The smallest absolute Gasteiger partial charge is 0.407 e. The fraction of sp³-hybridized carbons (Fsp3) is 0.310. The van der Waals surface area contributed by atoms with Crippen LogP contribution in [0.1, 0.15) is 36.0 Å². The number of methoxy groups -OCH3 is 1. The second-order valence-electron chi connectivity index (χ2n) is 9.80. The summed E-state index contributed by atoms with van der Waals surface area (Å²) in [6, 6.07) is 17.7. The highest BCUT2D eigenvalue weighted by Crippen LogP contribution is 2.38. The Hall–Kier alpha value is -4.80. The molecule has 2 aliphatic heterocycles. The van der Waals surface area contributed by atoms with E-state index in [0.717, 1.165) is 25.7 Å². The van der Waals surface area contributed by atoms with E-state index in [2.05, 4.69) is 0 Å². The Kier molecular flexibility index (Phi) is 7.45. The van der Waals surface area contributed by atoms with E-state index in [0.29, 0.717) is 28.5 Å². The van der Waals surface area contributed by atoms with Crippen LogP contribution in [0, 0.1) is 10.1 Å². The molecule has 11 heteroatoms. The van der Waals surface area contributed by atoms with Gasteiger partial charge in [0.1, 0.15) is 17.6 Å². The van der Waals surface area contributed by atoms with Gasteiger partial charge in [-0.15, -0.1) is 0 Å². The number of carbonyl (C=O) groups is 2. The van der Waals surface area contributed by atoms with Gasteiger partial charge in [0, 0.05) is 30.4 Å². The van der Waals surface area contributed by atoms with E-state index in [1.165, 1.54) is 30.2 Å². The summed E-state index contributed by atoms with van der Waals surface area (Å²) in [5.41, 5.74) is 1.01. The van der Waals surface area contributed by atoms with Crippen molar-refractivity contribution in [2.45, 2.75) is 43.9 Å². The van der Waals surface area contributed by atoms with Crippen molar-refractivity contribution in [1.82, 2.24) is 4.90 Å². The van der Waals surface area contributed by atoms with E-state index in [1.807, 2.05) is 0 Å². The average molecular weight is 548 g/mol. The van der Waals surface area contributed by atoms with Crippen molar-refractivity contribution in [2.75, 3.05) is 19.1 Å². The third-order valence-electron chi connectivity index (χ3n) is 7.48. The first kappa shape index (κ1) is 26.8. The van der Waals surface area contributed by atoms with Crippen molar-refractivity contribution < 1.29 is 33.8 Å². The van der Waals surface area contributed by atoms with Gasteiger partial charge in [0.2, 0.25) is 0 Å². The largest absolute Gasteiger partial charge is 0.493 e. The molecule has 2 aliphatic rings. The predicted molar refractivity (Wildman–Crippen MR) is 146 cm³/mol. The second kappa shape index (κ2) is 11.1. The molecule has 2 saturated heterocycles. The molecule has 40 heavy (non-hydrogen) atoms. The van der Waals surface area contributed by atoms with Crippen LogP contribution in [0.5, 0.6) is 23.0 Å². The normalized spacial score (nSPS) is 19.6. The highest BCUT2D eigenvalue weighted by atomic mass is 16.6. The average Bonchev–Trinajstić information content (AvgIpc) is 3.30. The number of piperidine rings is 1. The molecule has 2 heterocycles. The lowest BCUT2D eigenvalue weighted by atomic mass is 10.00. The number of non-ortho nitro benzene ring substituents is 1. The first-order chi connectivity index (χ1) is 19.2. The summed E-state index contributed by atoms with van der Waals surface area (Å²) in [4.78, 5) is 38.3. The van der Waals surface area contributed by atoms with Gasteiger partial charge in [-0.3, -0.25) is 19.8 Å². The van der Waals surface area contributed by atoms with Gasteiger partial charge in [-0.05, 0) is 80.3 Å². The number of fused-ring (bicyclic) bond motifs is 2. The fourth-order valence-corrected chi connectivity index (χ4v) is 5.43. The van der Waals surface area contributed by atoms with Gasteiger partial charge in [0.15, 0.2) is 11.5 Å². The third kappa shape index (κ3) is 5.35. The zero-order valence-electron chi connectivity index (χ0n) is 22.1. The zero-order valence-corrected chi connectivity index (χ0v) is 22.1. The number of benzene rings is 3. The van der Waals surface area contributed by atoms with Gasteiger partial charge in [-0.2, -0.15) is 0 Å². The number of anilines is 1. The van der Waals surface area contributed by atoms with Crippen LogP contribution < -0.4 is 19.1 Å². The molecule has 2 fully saturated rings. The van der Waals surface area contributed by atoms with Crippen LogP contribution >= 0.6 is 0 Å². The molecule has 0 aromatic heterocycles. The van der Waals surface area contributed by atoms with Crippen molar-refractivity contribution in [3.63, 3.8) is 0 Å². The van der Waals surface area contributed by atoms with E-state index >= 15 is 0 Å². The number of nitrogens with zero attached hydrogens (tertiary/aromatic N) is 3. The maximum Gasteiger partial charge on any atom is 0.407 e. The first-order valence-corrected chi connectivity index (χ1v) is 12.9. The van der Waals surface area contributed by atoms with Gasteiger partial charge < -0.3 is 24.2 Å². The summed E-state index contributed by atoms with van der Waals surface area (Å²) < 4.78 is 17.2. The molecular formula is C29H29N3O8. The van der Waals surface area contributed by atoms with Crippen molar-refractivity contribution in [3.8, 4) is 23.0 Å². The van der Waals surface area contributed by atoms with Gasteiger partial charge in [0.25, 0.3) is 11.6 Å². The Morgan fingerprint density at radius 2 is 1.62 bits per heavy atom. The van der Waals surface area contributed by atoms with E-state index in [4.69, 9.17) is 14.2 Å². The summed E-state index contributed by atoms with van der Waals surface area (Å²) in [6.07, 6.45) is 2.17. The summed E-state index contributed by atoms with van der Waals surface area (Å²) in [7, 11) is 3.07. The standard InChI is InChI=1S/C29H29N3O8/c1-30(19-5-12-23(13-6-19)40-26-16-9-21(32(36)37)17-27(26)38-2)28(33)18-3-10-22(11-4-18)39-25-15-8-20-7-14-24(25)31(20)29(34)35/h3-6,9-13,16-17,20,24-25H,7-8,14-15H2,1-2H3,(H,34,35). The molecule has 3 aromatic carbocycles. The van der Waals surface area contributed by atoms with E-state index < -0.39 is 11.0 Å². The topological polar surface area (TPSA) is 132 Å². The summed E-state index contributed by atoms with van der Waals surface area (Å²) >= 11 is 0. The number of nitro benzene ring substituents is 1. The molecule has 0 radical (unpaired) electrons. The highest BCUT2D eigenvalue weighted by Gasteiger charge is 2.46. The monoisotopic (exact) mass is 547 g/mol. The maximum absolute atomic E-state index is 13.1. The molecule has 3 unspecified atom stereocenters. The zero-order chi connectivity index (χ0) is 28.4. The van der Waals surface area contributed by atoms with Crippen LogP contribution in [-0.4, -0.2) is 59.3 Å². The van der Waals surface area contributed by atoms with Crippen molar-refractivity contribution >= 4 is 23.4 Å². The van der Waals surface area contributed by atoms with Gasteiger partial charge in [-0.25, -0.2) is 4.79 Å². The number of carbonyl (C=O) groups excluding carboxylic acids is 1. The van der Waals surface area contributed by atoms with Gasteiger partial charge in [0.05, 0.1) is 24.1 Å². The number of rotatable bonds is 8. The van der Waals surface area contributed by atoms with Crippen LogP contribution in [0.2, 0.25) is 0 Å². The summed E-state index contributed by atoms with van der Waals surface area (Å²) in [5, 5.41) is 20.6. The van der Waals surface area contributed by atoms with Gasteiger partial charge >= 0.3 is 6.09 Å². The lowest BCUT2D eigenvalue weighted by Crippen LogP contribution is -2.51. The number of amides is 2. The van der Waals surface area contributed by atoms with E-state index in [1.54, 1.807) is 60.5 Å². The van der Waals surface area contributed by atoms with Crippen LogP contribution in [0.3, 0.4) is 0 Å². The minimum atomic E-state index is -0.893. The number of carboxylic acid groups (broad SMARTS) is 1. The molecule has 0 saturated carbocycles. The second-order valence-corrected chi connectivity index (χ2v) is 9.80. The van der Waals surface area contributed by atoms with Crippen molar-refractivity contribution in [2.24, 2.45) is 0 Å². The molecule has 1 N–H and O–H groups in total. The molecule has 2 bridgehead atoms. The molecule has 0 spiro atoms. The van der Waals surface area contributed by atoms with E-state index in [9.17, 15) is 24.8 Å². The highest BCUT2D eigenvalue weighted by molar-refractivity contribution is 6.05. The van der Waals surface area contributed by atoms with Crippen LogP contribution in [0.15, 0.2) is 66.7 Å². The van der Waals surface area contributed by atoms with E-state index in [-0.39, 0.29) is 35.5 Å². The molecule has 0 aliphatic carbocycles. The fourth-order valence-electron chi connectivity index (χ4n) is 5.43. The molecule has 11 nitrogen and oxygen atoms in total. The quantitative estimate of drug-likeness (QED) is 0.280. The van der Waals surface area contributed by atoms with Crippen LogP contribution in [-0.2, 0) is 0 Å². The minimum absolute atomic E-state index is 0.0867. The Balaban J connectivity index is 1.21. The maximum atomic E-state index is 13.1. The Bertz CT molecular complexity index is 1410. The van der Waals surface area contributed by atoms with Gasteiger partial charge in [-0.1, -0.05) is 0 Å². The molecule has 5 rings (SSSR count). The molecular weight excluding hydrogens is 518 g/mol.